The number of carbonyl (C=O) groups excluding carboxylic acids is 3. The quantitative estimate of drug-likeness (QED) is 0.588. The summed E-state index contributed by atoms with van der Waals surface area (Å²) in [6.07, 6.45) is 5.07. The highest BCUT2D eigenvalue weighted by Gasteiger charge is 2.47. The number of hydrogen-bond acceptors (Lipinski definition) is 5. The van der Waals surface area contributed by atoms with E-state index >= 15 is 0 Å². The maximum atomic E-state index is 12.4. The molecular formula is C16H14NO5-. The molecule has 1 aliphatic heterocycles. The Bertz CT molecular complexity index is 623. The summed E-state index contributed by atoms with van der Waals surface area (Å²) in [7, 11) is 0. The van der Waals surface area contributed by atoms with Gasteiger partial charge in [0.25, 0.3) is 0 Å². The van der Waals surface area contributed by atoms with E-state index < -0.39 is 12.6 Å². The molecule has 0 saturated carbocycles. The van der Waals surface area contributed by atoms with Crippen molar-refractivity contribution >= 4 is 23.5 Å². The number of rotatable bonds is 4. The van der Waals surface area contributed by atoms with Crippen molar-refractivity contribution in [1.82, 2.24) is 0 Å². The summed E-state index contributed by atoms with van der Waals surface area (Å²) in [4.78, 5) is 36.4. The average molecular weight is 300 g/mol. The van der Waals surface area contributed by atoms with Crippen LogP contribution in [0.25, 0.3) is 0 Å². The van der Waals surface area contributed by atoms with Gasteiger partial charge in [-0.25, -0.2) is 0 Å². The number of imide groups is 1. The molecule has 1 aromatic rings. The van der Waals surface area contributed by atoms with Crippen molar-refractivity contribution in [3.63, 3.8) is 0 Å². The molecule has 0 radical (unpaired) electrons. The minimum absolute atomic E-state index is 0.178. The molecule has 0 aromatic heterocycles. The lowest BCUT2D eigenvalue weighted by atomic mass is 9.85. The van der Waals surface area contributed by atoms with Crippen LogP contribution in [0.3, 0.4) is 0 Å². The Hall–Kier alpha value is -2.63. The fourth-order valence-corrected chi connectivity index (χ4v) is 2.89. The van der Waals surface area contributed by atoms with Gasteiger partial charge in [-0.15, -0.1) is 0 Å². The number of fused-ring (bicyclic) bond motifs is 1. The minimum Gasteiger partial charge on any atom is -0.546 e. The first-order valence-corrected chi connectivity index (χ1v) is 7.03. The molecule has 6 nitrogen and oxygen atoms in total. The molecule has 0 unspecified atom stereocenters. The number of hydrogen-bond donors (Lipinski definition) is 0. The molecule has 0 spiro atoms. The zero-order valence-corrected chi connectivity index (χ0v) is 11.7. The zero-order chi connectivity index (χ0) is 15.7. The molecule has 1 saturated heterocycles. The third-order valence-electron chi connectivity index (χ3n) is 3.96. The Morgan fingerprint density at radius 3 is 2.14 bits per heavy atom. The highest BCUT2D eigenvalue weighted by Crippen LogP contribution is 2.37. The summed E-state index contributed by atoms with van der Waals surface area (Å²) in [5, 5.41) is 10.3. The second-order valence-electron chi connectivity index (χ2n) is 5.32. The van der Waals surface area contributed by atoms with Gasteiger partial charge in [0.2, 0.25) is 11.8 Å². The summed E-state index contributed by atoms with van der Waals surface area (Å²) in [6.45, 7) is -0.545. The lowest BCUT2D eigenvalue weighted by Gasteiger charge is -2.15. The fraction of sp³-hybridized carbons (Fsp3) is 0.312. The third-order valence-corrected chi connectivity index (χ3v) is 3.96. The summed E-state index contributed by atoms with van der Waals surface area (Å²) in [5.74, 6) is -1.87. The lowest BCUT2D eigenvalue weighted by Crippen LogP contribution is -2.31. The molecule has 1 aromatic carbocycles. The van der Waals surface area contributed by atoms with Gasteiger partial charge in [0.05, 0.1) is 23.5 Å². The van der Waals surface area contributed by atoms with E-state index in [0.717, 1.165) is 0 Å². The number of amides is 2. The molecule has 2 amide bonds. The second-order valence-corrected chi connectivity index (χ2v) is 5.32. The first-order chi connectivity index (χ1) is 10.6. The largest absolute Gasteiger partial charge is 0.546 e. The van der Waals surface area contributed by atoms with Gasteiger partial charge < -0.3 is 14.6 Å². The van der Waals surface area contributed by atoms with Crippen LogP contribution in [0.1, 0.15) is 12.8 Å². The van der Waals surface area contributed by atoms with E-state index in [1.165, 1.54) is 17.0 Å². The van der Waals surface area contributed by atoms with Crippen molar-refractivity contribution in [2.75, 3.05) is 11.5 Å². The molecule has 2 atom stereocenters. The smallest absolute Gasteiger partial charge is 0.238 e. The van der Waals surface area contributed by atoms with E-state index in [2.05, 4.69) is 0 Å². The normalized spacial score (nSPS) is 23.5. The topological polar surface area (TPSA) is 86.7 Å². The van der Waals surface area contributed by atoms with Gasteiger partial charge >= 0.3 is 0 Å². The zero-order valence-electron chi connectivity index (χ0n) is 11.7. The maximum absolute atomic E-state index is 12.4. The van der Waals surface area contributed by atoms with E-state index in [4.69, 9.17) is 4.74 Å². The van der Waals surface area contributed by atoms with Crippen molar-refractivity contribution in [3.8, 4) is 5.75 Å². The van der Waals surface area contributed by atoms with Crippen molar-refractivity contribution in [2.45, 2.75) is 12.8 Å². The fourth-order valence-electron chi connectivity index (χ4n) is 2.89. The van der Waals surface area contributed by atoms with Crippen LogP contribution < -0.4 is 14.7 Å². The van der Waals surface area contributed by atoms with E-state index in [0.29, 0.717) is 24.3 Å². The van der Waals surface area contributed by atoms with E-state index in [1.807, 2.05) is 12.2 Å². The van der Waals surface area contributed by atoms with Crippen LogP contribution in [0.4, 0.5) is 5.69 Å². The first kappa shape index (κ1) is 14.3. The molecule has 22 heavy (non-hydrogen) atoms. The number of benzene rings is 1. The number of carboxylic acids is 1. The van der Waals surface area contributed by atoms with Gasteiger partial charge in [-0.05, 0) is 37.1 Å². The van der Waals surface area contributed by atoms with Crippen LogP contribution in [0.15, 0.2) is 36.4 Å². The van der Waals surface area contributed by atoms with Crippen LogP contribution in [-0.2, 0) is 14.4 Å². The van der Waals surface area contributed by atoms with Gasteiger partial charge in [-0.2, -0.15) is 0 Å². The predicted octanol–water partition coefficient (Wildman–Crippen LogP) is 0.271. The SMILES string of the molecule is O=C([O-])COc1ccc(N2C(=O)[C@H]3CC=CC[C@H]3C2=O)cc1. The summed E-state index contributed by atoms with van der Waals surface area (Å²) in [6, 6.07) is 6.20. The van der Waals surface area contributed by atoms with Crippen LogP contribution >= 0.6 is 0 Å². The molecular weight excluding hydrogens is 286 g/mol. The van der Waals surface area contributed by atoms with Gasteiger partial charge in [0.1, 0.15) is 12.4 Å². The summed E-state index contributed by atoms with van der Waals surface area (Å²) in [5.41, 5.74) is 0.477. The van der Waals surface area contributed by atoms with Crippen LogP contribution in [0, 0.1) is 11.8 Å². The average Bonchev–Trinajstić information content (AvgIpc) is 2.78. The van der Waals surface area contributed by atoms with E-state index in [9.17, 15) is 19.5 Å². The van der Waals surface area contributed by atoms with Crippen molar-refractivity contribution in [1.29, 1.82) is 0 Å². The molecule has 6 heteroatoms. The number of nitrogens with zero attached hydrogens (tertiary/aromatic N) is 1. The number of anilines is 1. The Morgan fingerprint density at radius 2 is 1.64 bits per heavy atom. The molecule has 3 rings (SSSR count). The van der Waals surface area contributed by atoms with E-state index in [1.54, 1.807) is 12.1 Å². The van der Waals surface area contributed by atoms with Gasteiger partial charge in [-0.1, -0.05) is 12.2 Å². The third kappa shape index (κ3) is 2.47. The van der Waals surface area contributed by atoms with Gasteiger partial charge in [0.15, 0.2) is 0 Å². The molecule has 2 aliphatic rings. The van der Waals surface area contributed by atoms with Gasteiger partial charge in [-0.3, -0.25) is 14.5 Å². The number of aliphatic carboxylic acids is 1. The molecule has 1 aliphatic carbocycles. The lowest BCUT2D eigenvalue weighted by molar-refractivity contribution is -0.307. The molecule has 114 valence electrons. The number of ether oxygens (including phenoxy) is 1. The molecule has 1 fully saturated rings. The van der Waals surface area contributed by atoms with Gasteiger partial charge in [0, 0.05) is 0 Å². The Balaban J connectivity index is 1.78. The standard InChI is InChI=1S/C16H15NO5/c18-14(19)9-22-11-7-5-10(6-8-11)17-15(20)12-3-1-2-4-13(12)16(17)21/h1-2,5-8,12-13H,3-4,9H2,(H,18,19)/p-1/t12-,13+. The molecule has 1 heterocycles. The Labute approximate surface area is 127 Å². The number of carbonyl (C=O) groups is 3. The van der Waals surface area contributed by atoms with Crippen molar-refractivity contribution in [3.05, 3.63) is 36.4 Å². The predicted molar refractivity (Wildman–Crippen MR) is 74.8 cm³/mol. The van der Waals surface area contributed by atoms with Crippen molar-refractivity contribution < 1.29 is 24.2 Å². The van der Waals surface area contributed by atoms with Crippen LogP contribution in [-0.4, -0.2) is 24.4 Å². The van der Waals surface area contributed by atoms with Crippen LogP contribution in [0.2, 0.25) is 0 Å². The first-order valence-electron chi connectivity index (χ1n) is 7.03. The monoisotopic (exact) mass is 300 g/mol. The highest BCUT2D eigenvalue weighted by molar-refractivity contribution is 6.22. The minimum atomic E-state index is -1.31. The Morgan fingerprint density at radius 1 is 1.09 bits per heavy atom. The van der Waals surface area contributed by atoms with Crippen molar-refractivity contribution in [2.24, 2.45) is 11.8 Å². The Kier molecular flexibility index (Phi) is 3.66. The molecule has 0 N–H and O–H groups in total. The number of carboxylic acid groups (broad SMARTS) is 1. The second kappa shape index (κ2) is 5.63. The number of allylic oxidation sites excluding steroid dienone is 2. The molecule has 0 bridgehead atoms. The summed E-state index contributed by atoms with van der Waals surface area (Å²) >= 11 is 0. The maximum Gasteiger partial charge on any atom is 0.238 e. The van der Waals surface area contributed by atoms with E-state index in [-0.39, 0.29) is 23.7 Å². The summed E-state index contributed by atoms with van der Waals surface area (Å²) < 4.78 is 4.97. The van der Waals surface area contributed by atoms with Crippen LogP contribution in [0.5, 0.6) is 5.75 Å². The highest BCUT2D eigenvalue weighted by atomic mass is 16.5.